The van der Waals surface area contributed by atoms with Crippen molar-refractivity contribution in [3.05, 3.63) is 24.4 Å². The molecule has 0 spiro atoms. The van der Waals surface area contributed by atoms with Gasteiger partial charge in [0.1, 0.15) is 5.82 Å². The van der Waals surface area contributed by atoms with Crippen LogP contribution >= 0.6 is 0 Å². The first-order valence-electron chi connectivity index (χ1n) is 5.44. The van der Waals surface area contributed by atoms with Crippen LogP contribution in [0, 0.1) is 0 Å². The Kier molecular flexibility index (Phi) is 3.14. The Balaban J connectivity index is 2.11. The highest BCUT2D eigenvalue weighted by Gasteiger charge is 2.34. The number of nitrogens with zero attached hydrogens (tertiary/aromatic N) is 1. The van der Waals surface area contributed by atoms with E-state index in [1.165, 1.54) is 6.26 Å². The average molecular weight is 240 g/mol. The monoisotopic (exact) mass is 240 g/mol. The number of aromatic nitrogens is 1. The van der Waals surface area contributed by atoms with Crippen molar-refractivity contribution < 1.29 is 8.42 Å². The molecular weight excluding hydrogens is 224 g/mol. The number of hydrogen-bond acceptors (Lipinski definition) is 4. The Bertz CT molecular complexity index is 444. The fourth-order valence-corrected chi connectivity index (χ4v) is 3.64. The summed E-state index contributed by atoms with van der Waals surface area (Å²) in [7, 11) is -2.96. The van der Waals surface area contributed by atoms with Crippen molar-refractivity contribution >= 4 is 15.7 Å². The molecular formula is C11H16N2O2S. The fourth-order valence-electron chi connectivity index (χ4n) is 2.24. The summed E-state index contributed by atoms with van der Waals surface area (Å²) < 4.78 is 23.1. The first kappa shape index (κ1) is 11.4. The number of sulfone groups is 1. The van der Waals surface area contributed by atoms with Crippen LogP contribution < -0.4 is 5.32 Å². The molecule has 1 heterocycles. The van der Waals surface area contributed by atoms with Gasteiger partial charge in [-0.15, -0.1) is 0 Å². The van der Waals surface area contributed by atoms with Crippen LogP contribution in [0.4, 0.5) is 5.82 Å². The molecule has 1 aliphatic carbocycles. The predicted molar refractivity (Wildman–Crippen MR) is 64.1 cm³/mol. The molecule has 4 nitrogen and oxygen atoms in total. The molecule has 0 aliphatic heterocycles. The normalized spacial score (nSPS) is 25.6. The zero-order valence-electron chi connectivity index (χ0n) is 9.26. The lowest BCUT2D eigenvalue weighted by Gasteiger charge is -2.19. The summed E-state index contributed by atoms with van der Waals surface area (Å²) in [4.78, 5) is 4.15. The standard InChI is InChI=1S/C11H16N2O2S/c1-16(14,15)10-6-4-5-9(10)13-11-7-2-3-8-12-11/h2-3,7-10H,4-6H2,1H3,(H,12,13). The molecule has 2 atom stereocenters. The van der Waals surface area contributed by atoms with Crippen LogP contribution in [-0.4, -0.2) is 30.9 Å². The molecule has 2 unspecified atom stereocenters. The summed E-state index contributed by atoms with van der Waals surface area (Å²) in [5.41, 5.74) is 0. The lowest BCUT2D eigenvalue weighted by atomic mass is 10.2. The van der Waals surface area contributed by atoms with Crippen molar-refractivity contribution in [1.29, 1.82) is 0 Å². The lowest BCUT2D eigenvalue weighted by Crippen LogP contribution is -2.34. The Morgan fingerprint density at radius 3 is 2.81 bits per heavy atom. The summed E-state index contributed by atoms with van der Waals surface area (Å²) in [6.07, 6.45) is 5.63. The van der Waals surface area contributed by atoms with Gasteiger partial charge in [0.2, 0.25) is 0 Å². The first-order valence-corrected chi connectivity index (χ1v) is 7.39. The largest absolute Gasteiger partial charge is 0.366 e. The van der Waals surface area contributed by atoms with Gasteiger partial charge in [0.05, 0.1) is 5.25 Å². The van der Waals surface area contributed by atoms with E-state index in [9.17, 15) is 8.42 Å². The number of hydrogen-bond donors (Lipinski definition) is 1. The van der Waals surface area contributed by atoms with E-state index in [4.69, 9.17) is 0 Å². The van der Waals surface area contributed by atoms with E-state index < -0.39 is 9.84 Å². The van der Waals surface area contributed by atoms with Crippen molar-refractivity contribution in [2.45, 2.75) is 30.6 Å². The molecule has 0 radical (unpaired) electrons. The number of anilines is 1. The van der Waals surface area contributed by atoms with Gasteiger partial charge in [0.15, 0.2) is 9.84 Å². The van der Waals surface area contributed by atoms with Gasteiger partial charge in [0.25, 0.3) is 0 Å². The quantitative estimate of drug-likeness (QED) is 0.869. The summed E-state index contributed by atoms with van der Waals surface area (Å²) in [6.45, 7) is 0. The molecule has 16 heavy (non-hydrogen) atoms. The maximum Gasteiger partial charge on any atom is 0.152 e. The van der Waals surface area contributed by atoms with Crippen LogP contribution in [0.15, 0.2) is 24.4 Å². The van der Waals surface area contributed by atoms with Gasteiger partial charge in [-0.1, -0.05) is 6.07 Å². The second kappa shape index (κ2) is 4.41. The van der Waals surface area contributed by atoms with E-state index in [2.05, 4.69) is 10.3 Å². The van der Waals surface area contributed by atoms with Crippen molar-refractivity contribution in [1.82, 2.24) is 4.98 Å². The van der Waals surface area contributed by atoms with Gasteiger partial charge in [0, 0.05) is 18.5 Å². The maximum atomic E-state index is 11.6. The molecule has 0 bridgehead atoms. The topological polar surface area (TPSA) is 59.1 Å². The third kappa shape index (κ3) is 2.52. The number of rotatable bonds is 3. The molecule has 1 fully saturated rings. The van der Waals surface area contributed by atoms with Crippen molar-refractivity contribution in [3.8, 4) is 0 Å². The van der Waals surface area contributed by atoms with Crippen molar-refractivity contribution in [3.63, 3.8) is 0 Å². The van der Waals surface area contributed by atoms with E-state index in [1.54, 1.807) is 6.20 Å². The Labute approximate surface area is 96.0 Å². The molecule has 2 rings (SSSR count). The molecule has 0 aromatic carbocycles. The molecule has 1 saturated carbocycles. The van der Waals surface area contributed by atoms with E-state index in [1.807, 2.05) is 18.2 Å². The lowest BCUT2D eigenvalue weighted by molar-refractivity contribution is 0.579. The average Bonchev–Trinajstić information content (AvgIpc) is 2.67. The first-order chi connectivity index (χ1) is 7.57. The third-order valence-electron chi connectivity index (χ3n) is 3.00. The highest BCUT2D eigenvalue weighted by atomic mass is 32.2. The Morgan fingerprint density at radius 2 is 2.19 bits per heavy atom. The van der Waals surface area contributed by atoms with Crippen molar-refractivity contribution in [2.24, 2.45) is 0 Å². The van der Waals surface area contributed by atoms with Crippen LogP contribution in [0.25, 0.3) is 0 Å². The summed E-state index contributed by atoms with van der Waals surface area (Å²) >= 11 is 0. The fraction of sp³-hybridized carbons (Fsp3) is 0.545. The Hall–Kier alpha value is -1.10. The van der Waals surface area contributed by atoms with E-state index >= 15 is 0 Å². The van der Waals surface area contributed by atoms with Gasteiger partial charge in [-0.05, 0) is 31.4 Å². The van der Waals surface area contributed by atoms with Crippen LogP contribution in [0.5, 0.6) is 0 Å². The van der Waals surface area contributed by atoms with Gasteiger partial charge >= 0.3 is 0 Å². The SMILES string of the molecule is CS(=O)(=O)C1CCCC1Nc1ccccn1. The smallest absolute Gasteiger partial charge is 0.152 e. The van der Waals surface area contributed by atoms with E-state index in [0.717, 1.165) is 25.1 Å². The molecule has 1 aromatic heterocycles. The Morgan fingerprint density at radius 1 is 1.38 bits per heavy atom. The van der Waals surface area contributed by atoms with Crippen LogP contribution in [0.1, 0.15) is 19.3 Å². The minimum absolute atomic E-state index is 0.00454. The van der Waals surface area contributed by atoms with Gasteiger partial charge in [-0.3, -0.25) is 0 Å². The number of pyridine rings is 1. The summed E-state index contributed by atoms with van der Waals surface area (Å²) in [6, 6.07) is 5.59. The molecule has 88 valence electrons. The molecule has 0 amide bonds. The molecule has 1 aliphatic rings. The van der Waals surface area contributed by atoms with Crippen LogP contribution in [0.2, 0.25) is 0 Å². The predicted octanol–water partition coefficient (Wildman–Crippen LogP) is 1.46. The van der Waals surface area contributed by atoms with Crippen LogP contribution in [0.3, 0.4) is 0 Å². The van der Waals surface area contributed by atoms with E-state index in [0.29, 0.717) is 0 Å². The minimum Gasteiger partial charge on any atom is -0.366 e. The molecule has 1 N–H and O–H groups in total. The third-order valence-corrected chi connectivity index (χ3v) is 4.66. The van der Waals surface area contributed by atoms with E-state index in [-0.39, 0.29) is 11.3 Å². The highest BCUT2D eigenvalue weighted by molar-refractivity contribution is 7.91. The summed E-state index contributed by atoms with van der Waals surface area (Å²) in [5.74, 6) is 0.753. The minimum atomic E-state index is -2.96. The molecule has 5 heteroatoms. The molecule has 1 aromatic rings. The number of nitrogens with one attached hydrogen (secondary N) is 1. The summed E-state index contributed by atoms with van der Waals surface area (Å²) in [5, 5.41) is 2.94. The van der Waals surface area contributed by atoms with Gasteiger partial charge in [-0.2, -0.15) is 0 Å². The second-order valence-electron chi connectivity index (χ2n) is 4.26. The van der Waals surface area contributed by atoms with Gasteiger partial charge in [-0.25, -0.2) is 13.4 Å². The highest BCUT2D eigenvalue weighted by Crippen LogP contribution is 2.27. The maximum absolute atomic E-state index is 11.6. The zero-order valence-corrected chi connectivity index (χ0v) is 10.1. The van der Waals surface area contributed by atoms with Crippen molar-refractivity contribution in [2.75, 3.05) is 11.6 Å². The van der Waals surface area contributed by atoms with Gasteiger partial charge < -0.3 is 5.32 Å². The van der Waals surface area contributed by atoms with Crippen LogP contribution in [-0.2, 0) is 9.84 Å². The molecule has 0 saturated heterocycles. The second-order valence-corrected chi connectivity index (χ2v) is 6.53. The zero-order chi connectivity index (χ0) is 11.6.